The highest BCUT2D eigenvalue weighted by molar-refractivity contribution is 5.94. The van der Waals surface area contributed by atoms with Crippen molar-refractivity contribution in [2.24, 2.45) is 23.5 Å². The summed E-state index contributed by atoms with van der Waals surface area (Å²) in [6, 6.07) is -3.85. The molecular formula is C24H42N6O5. The first-order chi connectivity index (χ1) is 16.4. The van der Waals surface area contributed by atoms with Gasteiger partial charge < -0.3 is 31.8 Å². The van der Waals surface area contributed by atoms with Crippen LogP contribution >= 0.6 is 0 Å². The van der Waals surface area contributed by atoms with Gasteiger partial charge in [-0.05, 0) is 24.2 Å². The zero-order valence-corrected chi connectivity index (χ0v) is 21.6. The lowest BCUT2D eigenvalue weighted by Gasteiger charge is -2.28. The van der Waals surface area contributed by atoms with Crippen LogP contribution in [0.1, 0.15) is 66.5 Å². The first-order valence-corrected chi connectivity index (χ1v) is 12.3. The van der Waals surface area contributed by atoms with E-state index in [-0.39, 0.29) is 30.6 Å². The lowest BCUT2D eigenvalue weighted by Crippen LogP contribution is -2.59. The van der Waals surface area contributed by atoms with E-state index in [2.05, 4.69) is 25.9 Å². The number of H-pyrrole nitrogens is 1. The molecular weight excluding hydrogens is 452 g/mol. The van der Waals surface area contributed by atoms with Crippen LogP contribution in [-0.2, 0) is 25.6 Å². The molecule has 0 fully saturated rings. The fraction of sp³-hybridized carbons (Fsp3) is 0.708. The smallest absolute Gasteiger partial charge is 0.326 e. The fourth-order valence-electron chi connectivity index (χ4n) is 3.52. The summed E-state index contributed by atoms with van der Waals surface area (Å²) in [6.07, 6.45) is 4.65. The maximum atomic E-state index is 13.3. The predicted molar refractivity (Wildman–Crippen MR) is 132 cm³/mol. The summed E-state index contributed by atoms with van der Waals surface area (Å²) in [5.41, 5.74) is 6.67. The summed E-state index contributed by atoms with van der Waals surface area (Å²) < 4.78 is 0. The Bertz CT molecular complexity index is 828. The monoisotopic (exact) mass is 494 g/mol. The molecule has 1 aromatic rings. The number of amides is 3. The number of carbonyl (C=O) groups is 4. The second-order valence-electron chi connectivity index (χ2n) is 9.65. The SMILES string of the molecule is CCC(C)C(N)C(=O)NC(Cc1cnc[nH]1)C(=O)NC(C(=O)NC(CC(C)C)C(=O)O)C(C)CC. The van der Waals surface area contributed by atoms with Gasteiger partial charge in [-0.1, -0.05) is 54.4 Å². The zero-order valence-electron chi connectivity index (χ0n) is 21.6. The van der Waals surface area contributed by atoms with Crippen molar-refractivity contribution in [3.05, 3.63) is 18.2 Å². The molecule has 11 heteroatoms. The molecule has 0 bridgehead atoms. The van der Waals surface area contributed by atoms with Gasteiger partial charge in [-0.3, -0.25) is 14.4 Å². The molecule has 35 heavy (non-hydrogen) atoms. The van der Waals surface area contributed by atoms with E-state index < -0.39 is 47.9 Å². The number of imidazole rings is 1. The number of nitrogens with one attached hydrogen (secondary N) is 4. The fourth-order valence-corrected chi connectivity index (χ4v) is 3.52. The Morgan fingerprint density at radius 3 is 2.03 bits per heavy atom. The van der Waals surface area contributed by atoms with E-state index in [4.69, 9.17) is 5.73 Å². The first-order valence-electron chi connectivity index (χ1n) is 12.3. The Morgan fingerprint density at radius 1 is 0.943 bits per heavy atom. The Hall–Kier alpha value is -2.95. The molecule has 6 atom stereocenters. The summed E-state index contributed by atoms with van der Waals surface area (Å²) in [5.74, 6) is -3.06. The first kappa shape index (κ1) is 30.1. The predicted octanol–water partition coefficient (Wildman–Crippen LogP) is 0.957. The summed E-state index contributed by atoms with van der Waals surface area (Å²) in [7, 11) is 0. The van der Waals surface area contributed by atoms with Gasteiger partial charge in [-0.15, -0.1) is 0 Å². The van der Waals surface area contributed by atoms with Crippen LogP contribution in [-0.4, -0.2) is 62.9 Å². The molecule has 0 aliphatic carbocycles. The molecule has 1 heterocycles. The topological polar surface area (TPSA) is 179 Å². The highest BCUT2D eigenvalue weighted by atomic mass is 16.4. The molecule has 0 aliphatic heterocycles. The van der Waals surface area contributed by atoms with Gasteiger partial charge in [0.1, 0.15) is 18.1 Å². The number of hydrogen-bond acceptors (Lipinski definition) is 6. The van der Waals surface area contributed by atoms with Crippen LogP contribution in [0.15, 0.2) is 12.5 Å². The number of carboxylic acid groups (broad SMARTS) is 1. The van der Waals surface area contributed by atoms with Crippen molar-refractivity contribution >= 4 is 23.7 Å². The van der Waals surface area contributed by atoms with Gasteiger partial charge in [0, 0.05) is 18.3 Å². The number of aliphatic carboxylic acids is 1. The van der Waals surface area contributed by atoms with Gasteiger partial charge in [0.2, 0.25) is 17.7 Å². The number of nitrogens with zero attached hydrogens (tertiary/aromatic N) is 1. The zero-order chi connectivity index (χ0) is 26.7. The molecule has 198 valence electrons. The Balaban J connectivity index is 3.09. The minimum Gasteiger partial charge on any atom is -0.480 e. The van der Waals surface area contributed by atoms with Gasteiger partial charge in [-0.2, -0.15) is 0 Å². The van der Waals surface area contributed by atoms with E-state index in [0.717, 1.165) is 0 Å². The van der Waals surface area contributed by atoms with Gasteiger partial charge in [-0.25, -0.2) is 9.78 Å². The minimum absolute atomic E-state index is 0.0526. The van der Waals surface area contributed by atoms with Crippen LogP contribution in [0.2, 0.25) is 0 Å². The second-order valence-corrected chi connectivity index (χ2v) is 9.65. The van der Waals surface area contributed by atoms with E-state index >= 15 is 0 Å². The molecule has 0 aromatic carbocycles. The van der Waals surface area contributed by atoms with Crippen molar-refractivity contribution in [3.8, 4) is 0 Å². The standard InChI is InChI=1S/C24H42N6O5/c1-7-14(5)19(25)22(32)28-17(10-16-11-26-12-27-16)21(31)30-20(15(6)8-2)23(33)29-18(24(34)35)9-13(3)4/h11-15,17-20H,7-10,25H2,1-6H3,(H,26,27)(H,28,32)(H,29,33)(H,30,31)(H,34,35). The summed E-state index contributed by atoms with van der Waals surface area (Å²) >= 11 is 0. The molecule has 0 saturated heterocycles. The quantitative estimate of drug-likeness (QED) is 0.210. The Morgan fingerprint density at radius 2 is 1.54 bits per heavy atom. The summed E-state index contributed by atoms with van der Waals surface area (Å²) in [6.45, 7) is 11.2. The van der Waals surface area contributed by atoms with E-state index in [9.17, 15) is 24.3 Å². The van der Waals surface area contributed by atoms with Crippen LogP contribution in [0, 0.1) is 17.8 Å². The highest BCUT2D eigenvalue weighted by Gasteiger charge is 2.33. The van der Waals surface area contributed by atoms with Crippen molar-refractivity contribution in [1.82, 2.24) is 25.9 Å². The molecule has 0 spiro atoms. The average molecular weight is 495 g/mol. The lowest BCUT2D eigenvalue weighted by molar-refractivity contribution is -0.143. The third-order valence-corrected chi connectivity index (χ3v) is 6.29. The van der Waals surface area contributed by atoms with Crippen LogP contribution in [0.25, 0.3) is 0 Å². The molecule has 3 amide bonds. The number of nitrogens with two attached hydrogens (primary N) is 1. The molecule has 0 aliphatic rings. The third kappa shape index (κ3) is 9.67. The maximum absolute atomic E-state index is 13.3. The molecule has 0 radical (unpaired) electrons. The number of carbonyl (C=O) groups excluding carboxylic acids is 3. The van der Waals surface area contributed by atoms with Crippen LogP contribution in [0.3, 0.4) is 0 Å². The highest BCUT2D eigenvalue weighted by Crippen LogP contribution is 2.12. The Kier molecular flexibility index (Phi) is 12.4. The minimum atomic E-state index is -1.13. The van der Waals surface area contributed by atoms with Crippen LogP contribution in [0.4, 0.5) is 0 Å². The van der Waals surface area contributed by atoms with E-state index in [0.29, 0.717) is 18.5 Å². The van der Waals surface area contributed by atoms with Gasteiger partial charge in [0.25, 0.3) is 0 Å². The van der Waals surface area contributed by atoms with Crippen molar-refractivity contribution < 1.29 is 24.3 Å². The van der Waals surface area contributed by atoms with Crippen LogP contribution < -0.4 is 21.7 Å². The molecule has 11 nitrogen and oxygen atoms in total. The van der Waals surface area contributed by atoms with Gasteiger partial charge >= 0.3 is 5.97 Å². The molecule has 1 rings (SSSR count). The largest absolute Gasteiger partial charge is 0.480 e. The number of carboxylic acids is 1. The van der Waals surface area contributed by atoms with E-state index in [1.165, 1.54) is 6.33 Å². The van der Waals surface area contributed by atoms with Crippen molar-refractivity contribution in [1.29, 1.82) is 0 Å². The Labute approximate surface area is 207 Å². The summed E-state index contributed by atoms with van der Waals surface area (Å²) in [4.78, 5) is 57.6. The molecule has 0 saturated carbocycles. The van der Waals surface area contributed by atoms with Gasteiger partial charge in [0.15, 0.2) is 0 Å². The number of aromatic nitrogens is 2. The molecule has 7 N–H and O–H groups in total. The normalized spacial score (nSPS) is 16.5. The molecule has 6 unspecified atom stereocenters. The van der Waals surface area contributed by atoms with Crippen molar-refractivity contribution in [3.63, 3.8) is 0 Å². The van der Waals surface area contributed by atoms with E-state index in [1.54, 1.807) is 13.1 Å². The molecule has 1 aromatic heterocycles. The van der Waals surface area contributed by atoms with Crippen molar-refractivity contribution in [2.75, 3.05) is 0 Å². The van der Waals surface area contributed by atoms with E-state index in [1.807, 2.05) is 34.6 Å². The van der Waals surface area contributed by atoms with Gasteiger partial charge in [0.05, 0.1) is 12.4 Å². The average Bonchev–Trinajstić information content (AvgIpc) is 3.32. The maximum Gasteiger partial charge on any atom is 0.326 e. The second kappa shape index (κ2) is 14.4. The lowest BCUT2D eigenvalue weighted by atomic mass is 9.96. The van der Waals surface area contributed by atoms with Crippen LogP contribution in [0.5, 0.6) is 0 Å². The third-order valence-electron chi connectivity index (χ3n) is 6.29. The summed E-state index contributed by atoms with van der Waals surface area (Å²) in [5, 5.41) is 17.5. The number of hydrogen-bond donors (Lipinski definition) is 6. The van der Waals surface area contributed by atoms with Crippen molar-refractivity contribution in [2.45, 2.75) is 91.4 Å². The number of aromatic amines is 1. The number of rotatable bonds is 15.